The van der Waals surface area contributed by atoms with Crippen molar-refractivity contribution in [3.8, 4) is 0 Å². The van der Waals surface area contributed by atoms with Crippen LogP contribution in [0.2, 0.25) is 0 Å². The normalized spacial score (nSPS) is 11.5. The lowest BCUT2D eigenvalue weighted by molar-refractivity contribution is 0.282. The molecule has 0 bridgehead atoms. The van der Waals surface area contributed by atoms with Crippen molar-refractivity contribution in [3.63, 3.8) is 0 Å². The van der Waals surface area contributed by atoms with Crippen molar-refractivity contribution in [2.45, 2.75) is 31.4 Å². The fourth-order valence-corrected chi connectivity index (χ4v) is 2.99. The molecule has 0 radical (unpaired) electrons. The smallest absolute Gasteiger partial charge is 0.267 e. The number of aryl methyl sites for hydroxylation is 1. The molecule has 0 fully saturated rings. The zero-order valence-electron chi connectivity index (χ0n) is 11.7. The molecule has 21 heavy (non-hydrogen) atoms. The van der Waals surface area contributed by atoms with Gasteiger partial charge in [-0.25, -0.2) is 8.42 Å². The van der Waals surface area contributed by atoms with Gasteiger partial charge in [-0.2, -0.15) is 5.10 Å². The summed E-state index contributed by atoms with van der Waals surface area (Å²) in [7, 11) is -3.78. The molecule has 4 N–H and O–H groups in total. The van der Waals surface area contributed by atoms with E-state index in [-0.39, 0.29) is 17.3 Å². The van der Waals surface area contributed by atoms with Gasteiger partial charge < -0.3 is 10.8 Å². The zero-order chi connectivity index (χ0) is 15.5. The highest BCUT2D eigenvalue weighted by atomic mass is 32.2. The highest BCUT2D eigenvalue weighted by Gasteiger charge is 2.21. The average Bonchev–Trinajstić information content (AvgIpc) is 2.81. The van der Waals surface area contributed by atoms with Gasteiger partial charge in [-0.15, -0.1) is 0 Å². The van der Waals surface area contributed by atoms with Gasteiger partial charge in [-0.05, 0) is 24.1 Å². The van der Waals surface area contributed by atoms with Crippen molar-refractivity contribution < 1.29 is 13.5 Å². The molecule has 0 saturated carbocycles. The largest absolute Gasteiger partial charge is 0.392 e. The number of benzene rings is 1. The number of hydrogen-bond donors (Lipinski definition) is 3. The number of anilines is 2. The predicted octanol–water partition coefficient (Wildman–Crippen LogP) is 1.17. The van der Waals surface area contributed by atoms with Gasteiger partial charge in [-0.3, -0.25) is 9.40 Å². The summed E-state index contributed by atoms with van der Waals surface area (Å²) < 4.78 is 28.6. The number of nitrogens with one attached hydrogen (secondary N) is 1. The number of nitrogens with two attached hydrogens (primary N) is 1. The van der Waals surface area contributed by atoms with E-state index in [1.54, 1.807) is 24.3 Å². The van der Waals surface area contributed by atoms with E-state index in [4.69, 9.17) is 10.8 Å². The maximum Gasteiger partial charge on any atom is 0.267 e. The van der Waals surface area contributed by atoms with E-state index in [2.05, 4.69) is 9.82 Å². The molecule has 0 aliphatic carbocycles. The molecule has 7 nitrogen and oxygen atoms in total. The van der Waals surface area contributed by atoms with Crippen LogP contribution in [0.1, 0.15) is 18.9 Å². The lowest BCUT2D eigenvalue weighted by Gasteiger charge is -2.07. The Kier molecular flexibility index (Phi) is 4.49. The molecule has 8 heteroatoms. The van der Waals surface area contributed by atoms with Crippen molar-refractivity contribution in [1.82, 2.24) is 9.78 Å². The van der Waals surface area contributed by atoms with E-state index >= 15 is 0 Å². The molecule has 0 unspecified atom stereocenters. The molecule has 0 aliphatic rings. The van der Waals surface area contributed by atoms with Crippen LogP contribution in [0.25, 0.3) is 0 Å². The number of aliphatic hydroxyl groups excluding tert-OH is 1. The molecule has 1 aromatic carbocycles. The van der Waals surface area contributed by atoms with Gasteiger partial charge in [0.25, 0.3) is 10.0 Å². The van der Waals surface area contributed by atoms with Crippen molar-refractivity contribution in [3.05, 3.63) is 36.0 Å². The quantitative estimate of drug-likeness (QED) is 0.742. The van der Waals surface area contributed by atoms with Gasteiger partial charge in [-0.1, -0.05) is 19.1 Å². The minimum absolute atomic E-state index is 0.0251. The first-order chi connectivity index (χ1) is 9.96. The van der Waals surface area contributed by atoms with Gasteiger partial charge in [0.05, 0.1) is 6.61 Å². The summed E-state index contributed by atoms with van der Waals surface area (Å²) in [6.07, 6.45) is 2.25. The van der Waals surface area contributed by atoms with E-state index < -0.39 is 10.0 Å². The van der Waals surface area contributed by atoms with Crippen molar-refractivity contribution in [2.24, 2.45) is 0 Å². The number of rotatable bonds is 6. The maximum absolute atomic E-state index is 12.3. The second kappa shape index (κ2) is 6.15. The molecule has 0 spiro atoms. The first-order valence-corrected chi connectivity index (χ1v) is 8.00. The number of nitrogen functional groups attached to an aromatic ring is 1. The maximum atomic E-state index is 12.3. The van der Waals surface area contributed by atoms with Crippen LogP contribution >= 0.6 is 0 Å². The lowest BCUT2D eigenvalue weighted by Crippen LogP contribution is -2.13. The Hall–Kier alpha value is -2.06. The summed E-state index contributed by atoms with van der Waals surface area (Å²) in [5, 5.41) is 12.9. The SMILES string of the molecule is CCCn1cc(S(=O)(=O)Nc2ccc(CO)cc2)c(N)n1. The van der Waals surface area contributed by atoms with Crippen LogP contribution in [0.3, 0.4) is 0 Å². The Morgan fingerprint density at radius 1 is 1.33 bits per heavy atom. The Bertz CT molecular complexity index is 708. The Labute approximate surface area is 123 Å². The average molecular weight is 310 g/mol. The van der Waals surface area contributed by atoms with Crippen LogP contribution in [-0.4, -0.2) is 23.3 Å². The van der Waals surface area contributed by atoms with Crippen molar-refractivity contribution in [2.75, 3.05) is 10.5 Å². The lowest BCUT2D eigenvalue weighted by atomic mass is 10.2. The predicted molar refractivity (Wildman–Crippen MR) is 80.1 cm³/mol. The van der Waals surface area contributed by atoms with Crippen LogP contribution in [-0.2, 0) is 23.2 Å². The molecule has 0 aliphatic heterocycles. The Balaban J connectivity index is 2.24. The second-order valence-corrected chi connectivity index (χ2v) is 6.25. The fraction of sp³-hybridized carbons (Fsp3) is 0.308. The Morgan fingerprint density at radius 2 is 2.00 bits per heavy atom. The molecule has 1 aromatic heterocycles. The van der Waals surface area contributed by atoms with Crippen LogP contribution in [0.5, 0.6) is 0 Å². The van der Waals surface area contributed by atoms with Gasteiger partial charge in [0.1, 0.15) is 4.90 Å². The molecule has 2 rings (SSSR count). The van der Waals surface area contributed by atoms with Crippen LogP contribution < -0.4 is 10.5 Å². The summed E-state index contributed by atoms with van der Waals surface area (Å²) in [5.41, 5.74) is 6.77. The number of hydrogen-bond acceptors (Lipinski definition) is 5. The molecule has 0 saturated heterocycles. The zero-order valence-corrected chi connectivity index (χ0v) is 12.5. The number of aromatic nitrogens is 2. The molecule has 1 heterocycles. The third-order valence-corrected chi connectivity index (χ3v) is 4.28. The minimum atomic E-state index is -3.78. The molecule has 2 aromatic rings. The number of aliphatic hydroxyl groups is 1. The summed E-state index contributed by atoms with van der Waals surface area (Å²) in [5.74, 6) is -0.0251. The third kappa shape index (κ3) is 3.53. The first-order valence-electron chi connectivity index (χ1n) is 6.52. The van der Waals surface area contributed by atoms with Gasteiger partial charge in [0, 0.05) is 18.4 Å². The number of sulfonamides is 1. The third-order valence-electron chi connectivity index (χ3n) is 2.89. The van der Waals surface area contributed by atoms with Crippen LogP contribution in [0.15, 0.2) is 35.4 Å². The standard InChI is InChI=1S/C13H18N4O3S/c1-2-7-17-8-12(13(14)15-17)21(19,20)16-11-5-3-10(9-18)4-6-11/h3-6,8,16,18H,2,7,9H2,1H3,(H2,14,15). The van der Waals surface area contributed by atoms with Crippen molar-refractivity contribution in [1.29, 1.82) is 0 Å². The molecule has 0 amide bonds. The van der Waals surface area contributed by atoms with Gasteiger partial charge >= 0.3 is 0 Å². The van der Waals surface area contributed by atoms with E-state index in [0.29, 0.717) is 17.8 Å². The van der Waals surface area contributed by atoms with Gasteiger partial charge in [0.15, 0.2) is 5.82 Å². The van der Waals surface area contributed by atoms with E-state index in [1.807, 2.05) is 6.92 Å². The molecule has 0 atom stereocenters. The summed E-state index contributed by atoms with van der Waals surface area (Å²) >= 11 is 0. The van der Waals surface area contributed by atoms with Crippen LogP contribution in [0, 0.1) is 0 Å². The topological polar surface area (TPSA) is 110 Å². The Morgan fingerprint density at radius 3 is 2.57 bits per heavy atom. The van der Waals surface area contributed by atoms with Gasteiger partial charge in [0.2, 0.25) is 0 Å². The van der Waals surface area contributed by atoms with E-state index in [9.17, 15) is 8.42 Å². The highest BCUT2D eigenvalue weighted by molar-refractivity contribution is 7.92. The minimum Gasteiger partial charge on any atom is -0.392 e. The highest BCUT2D eigenvalue weighted by Crippen LogP contribution is 2.21. The molecular weight excluding hydrogens is 292 g/mol. The summed E-state index contributed by atoms with van der Waals surface area (Å²) in [6, 6.07) is 6.44. The fourth-order valence-electron chi connectivity index (χ4n) is 1.86. The first kappa shape index (κ1) is 15.3. The molecular formula is C13H18N4O3S. The monoisotopic (exact) mass is 310 g/mol. The summed E-state index contributed by atoms with van der Waals surface area (Å²) in [6.45, 7) is 2.47. The van der Waals surface area contributed by atoms with Crippen molar-refractivity contribution >= 4 is 21.5 Å². The second-order valence-electron chi connectivity index (χ2n) is 4.60. The van der Waals surface area contributed by atoms with E-state index in [1.165, 1.54) is 10.9 Å². The molecule has 114 valence electrons. The van der Waals surface area contributed by atoms with E-state index in [0.717, 1.165) is 6.42 Å². The number of nitrogens with zero attached hydrogens (tertiary/aromatic N) is 2. The summed E-state index contributed by atoms with van der Waals surface area (Å²) in [4.78, 5) is -0.0396. The van der Waals surface area contributed by atoms with Crippen LogP contribution in [0.4, 0.5) is 11.5 Å².